The van der Waals surface area contributed by atoms with Gasteiger partial charge in [-0.2, -0.15) is 0 Å². The van der Waals surface area contributed by atoms with Crippen LogP contribution in [0.1, 0.15) is 5.56 Å². The minimum Gasteiger partial charge on any atom is -0.370 e. The number of fused-ring (bicyclic) bond motifs is 1. The fourth-order valence-electron chi connectivity index (χ4n) is 1.66. The molecule has 0 unspecified atom stereocenters. The molecule has 0 aliphatic heterocycles. The van der Waals surface area contributed by atoms with Crippen molar-refractivity contribution in [2.75, 3.05) is 6.67 Å². The molecule has 104 valence electrons. The SMILES string of the molecule is NC(N)=NCNC(=O)NCc1cnc2ccccc2c1. The van der Waals surface area contributed by atoms with Crippen LogP contribution in [-0.2, 0) is 6.54 Å². The van der Waals surface area contributed by atoms with Crippen LogP contribution in [0.25, 0.3) is 10.9 Å². The number of carbonyl (C=O) groups excluding carboxylic acids is 1. The van der Waals surface area contributed by atoms with Gasteiger partial charge in [-0.05, 0) is 17.7 Å². The molecule has 2 amide bonds. The molecule has 7 heteroatoms. The van der Waals surface area contributed by atoms with Crippen LogP contribution in [0.4, 0.5) is 4.79 Å². The van der Waals surface area contributed by atoms with Gasteiger partial charge in [-0.3, -0.25) is 4.98 Å². The molecule has 0 aliphatic rings. The number of aromatic nitrogens is 1. The van der Waals surface area contributed by atoms with E-state index >= 15 is 0 Å². The number of nitrogens with two attached hydrogens (primary N) is 2. The van der Waals surface area contributed by atoms with Crippen LogP contribution >= 0.6 is 0 Å². The van der Waals surface area contributed by atoms with Gasteiger partial charge in [0, 0.05) is 18.1 Å². The fraction of sp³-hybridized carbons (Fsp3) is 0.154. The summed E-state index contributed by atoms with van der Waals surface area (Å²) in [5.41, 5.74) is 12.1. The Balaban J connectivity index is 1.89. The molecule has 0 fully saturated rings. The number of urea groups is 1. The Hall–Kier alpha value is -2.83. The first kappa shape index (κ1) is 13.6. The molecule has 0 aliphatic carbocycles. The molecule has 2 aromatic rings. The van der Waals surface area contributed by atoms with Gasteiger partial charge >= 0.3 is 6.03 Å². The number of pyridine rings is 1. The van der Waals surface area contributed by atoms with E-state index in [-0.39, 0.29) is 18.7 Å². The van der Waals surface area contributed by atoms with Gasteiger partial charge in [-0.1, -0.05) is 18.2 Å². The summed E-state index contributed by atoms with van der Waals surface area (Å²) in [6.45, 7) is 0.426. The number of hydrogen-bond donors (Lipinski definition) is 4. The normalized spacial score (nSPS) is 10.0. The Bertz CT molecular complexity index is 636. The first-order valence-electron chi connectivity index (χ1n) is 6.06. The topological polar surface area (TPSA) is 118 Å². The molecule has 0 spiro atoms. The third-order valence-corrected chi connectivity index (χ3v) is 2.60. The lowest BCUT2D eigenvalue weighted by atomic mass is 10.1. The van der Waals surface area contributed by atoms with Crippen molar-refractivity contribution < 1.29 is 4.79 Å². The highest BCUT2D eigenvalue weighted by molar-refractivity contribution is 5.79. The molecular formula is C13H16N6O. The van der Waals surface area contributed by atoms with E-state index in [0.717, 1.165) is 16.5 Å². The second-order valence-corrected chi connectivity index (χ2v) is 4.14. The Morgan fingerprint density at radius 3 is 2.85 bits per heavy atom. The Morgan fingerprint density at radius 1 is 1.25 bits per heavy atom. The molecule has 1 heterocycles. The molecule has 0 saturated heterocycles. The zero-order valence-electron chi connectivity index (χ0n) is 10.8. The molecule has 0 bridgehead atoms. The highest BCUT2D eigenvalue weighted by atomic mass is 16.2. The van der Waals surface area contributed by atoms with Gasteiger partial charge in [-0.25, -0.2) is 9.79 Å². The maximum Gasteiger partial charge on any atom is 0.316 e. The van der Waals surface area contributed by atoms with Gasteiger partial charge in [0.15, 0.2) is 5.96 Å². The van der Waals surface area contributed by atoms with Crippen molar-refractivity contribution in [2.24, 2.45) is 16.5 Å². The maximum absolute atomic E-state index is 11.5. The monoisotopic (exact) mass is 272 g/mol. The van der Waals surface area contributed by atoms with Crippen molar-refractivity contribution >= 4 is 22.9 Å². The highest BCUT2D eigenvalue weighted by Crippen LogP contribution is 2.12. The zero-order chi connectivity index (χ0) is 14.4. The van der Waals surface area contributed by atoms with Crippen molar-refractivity contribution in [1.29, 1.82) is 0 Å². The maximum atomic E-state index is 11.5. The average Bonchev–Trinajstić information content (AvgIpc) is 2.44. The molecule has 20 heavy (non-hydrogen) atoms. The van der Waals surface area contributed by atoms with Gasteiger partial charge in [0.05, 0.1) is 5.52 Å². The largest absolute Gasteiger partial charge is 0.370 e. The van der Waals surface area contributed by atoms with Gasteiger partial charge in [-0.15, -0.1) is 0 Å². The summed E-state index contributed by atoms with van der Waals surface area (Å²) >= 11 is 0. The summed E-state index contributed by atoms with van der Waals surface area (Å²) < 4.78 is 0. The van der Waals surface area contributed by atoms with Crippen LogP contribution in [0, 0.1) is 0 Å². The number of para-hydroxylation sites is 1. The van der Waals surface area contributed by atoms with Crippen molar-refractivity contribution in [3.05, 3.63) is 42.1 Å². The standard InChI is InChI=1S/C13H16N6O/c14-12(15)18-8-19-13(20)17-7-9-5-10-3-1-2-4-11(10)16-6-9/h1-6H,7-8H2,(H4,14,15,18)(H2,17,19,20). The third-order valence-electron chi connectivity index (χ3n) is 2.60. The zero-order valence-corrected chi connectivity index (χ0v) is 10.8. The predicted molar refractivity (Wildman–Crippen MR) is 77.8 cm³/mol. The van der Waals surface area contributed by atoms with Crippen LogP contribution in [0.3, 0.4) is 0 Å². The average molecular weight is 272 g/mol. The van der Waals surface area contributed by atoms with E-state index in [1.54, 1.807) is 6.20 Å². The molecule has 2 rings (SSSR count). The van der Waals surface area contributed by atoms with E-state index in [2.05, 4.69) is 20.6 Å². The van der Waals surface area contributed by atoms with E-state index in [1.165, 1.54) is 0 Å². The molecular weight excluding hydrogens is 256 g/mol. The van der Waals surface area contributed by atoms with Crippen LogP contribution in [0.2, 0.25) is 0 Å². The van der Waals surface area contributed by atoms with E-state index in [4.69, 9.17) is 11.5 Å². The molecule has 1 aromatic heterocycles. The molecule has 0 atom stereocenters. The van der Waals surface area contributed by atoms with Crippen LogP contribution in [0.5, 0.6) is 0 Å². The number of aliphatic imine (C=N–C) groups is 1. The Morgan fingerprint density at radius 2 is 2.05 bits per heavy atom. The van der Waals surface area contributed by atoms with E-state index in [1.807, 2.05) is 30.3 Å². The molecule has 0 radical (unpaired) electrons. The summed E-state index contributed by atoms with van der Waals surface area (Å²) in [5.74, 6) is -0.0657. The van der Waals surface area contributed by atoms with Gasteiger partial charge < -0.3 is 22.1 Å². The lowest BCUT2D eigenvalue weighted by molar-refractivity contribution is 0.241. The van der Waals surface area contributed by atoms with Crippen LogP contribution < -0.4 is 22.1 Å². The quantitative estimate of drug-likeness (QED) is 0.471. The highest BCUT2D eigenvalue weighted by Gasteiger charge is 2.01. The van der Waals surface area contributed by atoms with Crippen molar-refractivity contribution in [2.45, 2.75) is 6.54 Å². The van der Waals surface area contributed by atoms with Gasteiger partial charge in [0.1, 0.15) is 6.67 Å². The van der Waals surface area contributed by atoms with Crippen molar-refractivity contribution in [3.63, 3.8) is 0 Å². The minimum atomic E-state index is -0.344. The number of carbonyl (C=O) groups is 1. The predicted octanol–water partition coefficient (Wildman–Crippen LogP) is 0.265. The number of nitrogens with one attached hydrogen (secondary N) is 2. The second-order valence-electron chi connectivity index (χ2n) is 4.14. The number of hydrogen-bond acceptors (Lipinski definition) is 3. The smallest absolute Gasteiger partial charge is 0.316 e. The third kappa shape index (κ3) is 3.84. The number of amides is 2. The lowest BCUT2D eigenvalue weighted by Crippen LogP contribution is -2.36. The van der Waals surface area contributed by atoms with Gasteiger partial charge in [0.25, 0.3) is 0 Å². The summed E-state index contributed by atoms with van der Waals surface area (Å²) in [7, 11) is 0. The fourth-order valence-corrected chi connectivity index (χ4v) is 1.66. The Labute approximate surface area is 116 Å². The van der Waals surface area contributed by atoms with E-state index in [9.17, 15) is 4.79 Å². The number of nitrogens with zero attached hydrogens (tertiary/aromatic N) is 2. The number of benzene rings is 1. The van der Waals surface area contributed by atoms with E-state index < -0.39 is 0 Å². The number of rotatable bonds is 4. The summed E-state index contributed by atoms with van der Waals surface area (Å²) in [6, 6.07) is 9.44. The summed E-state index contributed by atoms with van der Waals surface area (Å²) in [4.78, 5) is 19.4. The summed E-state index contributed by atoms with van der Waals surface area (Å²) in [5, 5.41) is 6.23. The van der Waals surface area contributed by atoms with Crippen LogP contribution in [0.15, 0.2) is 41.5 Å². The molecule has 1 aromatic carbocycles. The van der Waals surface area contributed by atoms with Crippen molar-refractivity contribution in [3.8, 4) is 0 Å². The Kier molecular flexibility index (Phi) is 4.33. The van der Waals surface area contributed by atoms with Crippen LogP contribution in [-0.4, -0.2) is 23.6 Å². The minimum absolute atomic E-state index is 0.0458. The van der Waals surface area contributed by atoms with Gasteiger partial charge in [0.2, 0.25) is 0 Å². The van der Waals surface area contributed by atoms with Crippen molar-refractivity contribution in [1.82, 2.24) is 15.6 Å². The second kappa shape index (κ2) is 6.37. The van der Waals surface area contributed by atoms with E-state index in [0.29, 0.717) is 6.54 Å². The first-order chi connectivity index (χ1) is 9.65. The first-order valence-corrected chi connectivity index (χ1v) is 6.06. The molecule has 6 N–H and O–H groups in total. The molecule has 0 saturated carbocycles. The molecule has 7 nitrogen and oxygen atoms in total. The lowest BCUT2D eigenvalue weighted by Gasteiger charge is -2.06. The number of guanidine groups is 1. The summed E-state index contributed by atoms with van der Waals surface area (Å²) in [6.07, 6.45) is 1.73.